The number of hydrogen-bond acceptors (Lipinski definition) is 10. The van der Waals surface area contributed by atoms with E-state index in [1.807, 2.05) is 0 Å². The van der Waals surface area contributed by atoms with Gasteiger partial charge in [-0.05, 0) is 71.3 Å². The summed E-state index contributed by atoms with van der Waals surface area (Å²) in [7, 11) is 1.47. The number of rotatable bonds is 13. The van der Waals surface area contributed by atoms with E-state index in [2.05, 4.69) is 37.1 Å². The number of nitrogens with one attached hydrogen (secondary N) is 3. The zero-order valence-electron chi connectivity index (χ0n) is 25.0. The Balaban J connectivity index is 1.39. The number of halogens is 1. The predicted molar refractivity (Wildman–Crippen MR) is 177 cm³/mol. The summed E-state index contributed by atoms with van der Waals surface area (Å²) in [5.74, 6) is 0.111. The maximum Gasteiger partial charge on any atom is 0.338 e. The van der Waals surface area contributed by atoms with Crippen molar-refractivity contribution >= 4 is 57.0 Å². The van der Waals surface area contributed by atoms with Crippen molar-refractivity contribution < 1.29 is 33.5 Å². The Kier molecular flexibility index (Phi) is 11.6. The van der Waals surface area contributed by atoms with Gasteiger partial charge in [-0.15, -0.1) is 0 Å². The van der Waals surface area contributed by atoms with E-state index in [0.29, 0.717) is 54.8 Å². The molecule has 1 heterocycles. The summed E-state index contributed by atoms with van der Waals surface area (Å²) >= 11 is 8.77. The molecule has 1 atom stereocenters. The van der Waals surface area contributed by atoms with Crippen LogP contribution >= 0.6 is 28.1 Å². The van der Waals surface area contributed by atoms with Crippen LogP contribution in [0.2, 0.25) is 0 Å². The van der Waals surface area contributed by atoms with E-state index in [4.69, 9.17) is 31.2 Å². The second-order valence-corrected chi connectivity index (χ2v) is 10.9. The molecule has 1 amide bonds. The van der Waals surface area contributed by atoms with Crippen molar-refractivity contribution in [1.29, 1.82) is 0 Å². The first kappa shape index (κ1) is 33.9. The molecule has 0 fully saturated rings. The van der Waals surface area contributed by atoms with Crippen molar-refractivity contribution in [2.75, 3.05) is 20.3 Å². The Morgan fingerprint density at radius 1 is 1.13 bits per heavy atom. The number of hydrazone groups is 1. The van der Waals surface area contributed by atoms with Gasteiger partial charge in [-0.1, -0.05) is 30.3 Å². The largest absolute Gasteiger partial charge is 0.493 e. The molecule has 0 radical (unpaired) electrons. The lowest BCUT2D eigenvalue weighted by atomic mass is 9.95. The normalized spacial score (nSPS) is 14.3. The number of esters is 1. The number of thiocarbonyl (C=S) groups is 1. The Morgan fingerprint density at radius 3 is 2.65 bits per heavy atom. The standard InChI is InChI=1S/C31H30BrN5O8S/c1-4-43-30(39)27-18(2)34-31(46)35-28(27)22-10-5-6-11-24(22)44-17-26(38)36-33-15-20-13-23(32)29(25(14-20)42-3)45-16-19-8-7-9-21(12-19)37(40)41/h5-15,28H,4,16-17H2,1-3H3,(H,36,38)(H2,34,35,46)/t28-/m1/s1. The number of hydrogen-bond donors (Lipinski definition) is 3. The highest BCUT2D eigenvalue weighted by atomic mass is 79.9. The van der Waals surface area contributed by atoms with Gasteiger partial charge in [-0.3, -0.25) is 14.9 Å². The van der Waals surface area contributed by atoms with Crippen LogP contribution in [0.4, 0.5) is 5.69 Å². The maximum atomic E-state index is 12.8. The molecular formula is C31H30BrN5O8S. The van der Waals surface area contributed by atoms with E-state index in [0.717, 1.165) is 0 Å². The highest BCUT2D eigenvalue weighted by Gasteiger charge is 2.32. The van der Waals surface area contributed by atoms with E-state index in [1.54, 1.807) is 62.4 Å². The smallest absolute Gasteiger partial charge is 0.338 e. The second kappa shape index (κ2) is 15.8. The SMILES string of the molecule is CCOC(=O)C1=C(C)NC(=S)N[C@@H]1c1ccccc1OCC(=O)NN=Cc1cc(Br)c(OCc2cccc([N+](=O)[O-])c2)c(OC)c1. The molecular weight excluding hydrogens is 682 g/mol. The Labute approximate surface area is 278 Å². The molecule has 0 saturated carbocycles. The number of para-hydroxylation sites is 1. The van der Waals surface area contributed by atoms with Crippen LogP contribution in [-0.4, -0.2) is 48.5 Å². The van der Waals surface area contributed by atoms with E-state index in [1.165, 1.54) is 25.5 Å². The third-order valence-corrected chi connectivity index (χ3v) is 7.32. The number of benzene rings is 3. The molecule has 1 aliphatic heterocycles. The molecule has 3 N–H and O–H groups in total. The highest BCUT2D eigenvalue weighted by Crippen LogP contribution is 2.37. The van der Waals surface area contributed by atoms with Crippen LogP contribution in [0, 0.1) is 10.1 Å². The van der Waals surface area contributed by atoms with Gasteiger partial charge in [0.2, 0.25) is 0 Å². The fraction of sp³-hybridized carbons (Fsp3) is 0.226. The Bertz CT molecular complexity index is 1710. The fourth-order valence-electron chi connectivity index (χ4n) is 4.48. The zero-order chi connectivity index (χ0) is 33.2. The summed E-state index contributed by atoms with van der Waals surface area (Å²) in [4.78, 5) is 36.0. The molecule has 0 spiro atoms. The molecule has 0 aliphatic carbocycles. The maximum absolute atomic E-state index is 12.8. The zero-order valence-corrected chi connectivity index (χ0v) is 27.4. The van der Waals surface area contributed by atoms with Crippen LogP contribution in [0.3, 0.4) is 0 Å². The highest BCUT2D eigenvalue weighted by molar-refractivity contribution is 9.10. The van der Waals surface area contributed by atoms with Crippen molar-refractivity contribution in [2.45, 2.75) is 26.5 Å². The number of amides is 1. The van der Waals surface area contributed by atoms with Crippen molar-refractivity contribution in [3.05, 3.63) is 103 Å². The minimum Gasteiger partial charge on any atom is -0.493 e. The van der Waals surface area contributed by atoms with Gasteiger partial charge in [-0.25, -0.2) is 10.2 Å². The minimum absolute atomic E-state index is 0.0332. The average molecular weight is 713 g/mol. The Hall–Kier alpha value is -5.02. The van der Waals surface area contributed by atoms with Crippen LogP contribution < -0.4 is 30.3 Å². The monoisotopic (exact) mass is 711 g/mol. The van der Waals surface area contributed by atoms with Crippen LogP contribution in [0.15, 0.2) is 81.5 Å². The average Bonchev–Trinajstić information content (AvgIpc) is 3.03. The lowest BCUT2D eigenvalue weighted by molar-refractivity contribution is -0.384. The first-order valence-electron chi connectivity index (χ1n) is 13.8. The van der Waals surface area contributed by atoms with Crippen LogP contribution in [0.25, 0.3) is 0 Å². The van der Waals surface area contributed by atoms with Gasteiger partial charge >= 0.3 is 5.97 Å². The number of nitrogens with zero attached hydrogens (tertiary/aromatic N) is 2. The molecule has 0 unspecified atom stereocenters. The summed E-state index contributed by atoms with van der Waals surface area (Å²) in [6, 6.07) is 15.8. The fourth-order valence-corrected chi connectivity index (χ4v) is 5.33. The Morgan fingerprint density at radius 2 is 1.91 bits per heavy atom. The first-order valence-corrected chi connectivity index (χ1v) is 15.0. The van der Waals surface area contributed by atoms with Gasteiger partial charge in [0.15, 0.2) is 23.2 Å². The van der Waals surface area contributed by atoms with E-state index in [-0.39, 0.29) is 25.5 Å². The number of nitro benzene ring substituents is 1. The quantitative estimate of drug-likeness (QED) is 0.0732. The molecule has 15 heteroatoms. The number of carbonyl (C=O) groups excluding carboxylic acids is 2. The molecule has 0 aromatic heterocycles. The molecule has 3 aromatic carbocycles. The van der Waals surface area contributed by atoms with Gasteiger partial charge < -0.3 is 29.6 Å². The van der Waals surface area contributed by atoms with Crippen LogP contribution in [-0.2, 0) is 20.9 Å². The van der Waals surface area contributed by atoms with Gasteiger partial charge in [0.25, 0.3) is 11.6 Å². The third kappa shape index (κ3) is 8.57. The molecule has 0 bridgehead atoms. The van der Waals surface area contributed by atoms with Crippen LogP contribution in [0.5, 0.6) is 17.2 Å². The molecule has 240 valence electrons. The number of ether oxygens (including phenoxy) is 4. The molecule has 13 nitrogen and oxygen atoms in total. The van der Waals surface area contributed by atoms with Gasteiger partial charge in [0, 0.05) is 23.4 Å². The van der Waals surface area contributed by atoms with Crippen molar-refractivity contribution in [2.24, 2.45) is 5.10 Å². The van der Waals surface area contributed by atoms with Gasteiger partial charge in [-0.2, -0.15) is 5.10 Å². The van der Waals surface area contributed by atoms with E-state index in [9.17, 15) is 19.7 Å². The lowest BCUT2D eigenvalue weighted by Gasteiger charge is -2.30. The number of carbonyl (C=O) groups is 2. The second-order valence-electron chi connectivity index (χ2n) is 9.66. The van der Waals surface area contributed by atoms with E-state index < -0.39 is 22.8 Å². The molecule has 3 aromatic rings. The number of nitro groups is 1. The summed E-state index contributed by atoms with van der Waals surface area (Å²) in [6.45, 7) is 3.37. The molecule has 1 aliphatic rings. The summed E-state index contributed by atoms with van der Waals surface area (Å²) in [6.07, 6.45) is 1.42. The van der Waals surface area contributed by atoms with Crippen molar-refractivity contribution in [1.82, 2.24) is 16.1 Å². The minimum atomic E-state index is -0.656. The number of non-ortho nitro benzene ring substituents is 1. The van der Waals surface area contributed by atoms with Crippen molar-refractivity contribution in [3.8, 4) is 17.2 Å². The molecule has 0 saturated heterocycles. The third-order valence-electron chi connectivity index (χ3n) is 6.51. The molecule has 46 heavy (non-hydrogen) atoms. The lowest BCUT2D eigenvalue weighted by Crippen LogP contribution is -2.45. The van der Waals surface area contributed by atoms with Crippen molar-refractivity contribution in [3.63, 3.8) is 0 Å². The summed E-state index contributed by atoms with van der Waals surface area (Å²) in [5.41, 5.74) is 5.08. The van der Waals surface area contributed by atoms with E-state index >= 15 is 0 Å². The van der Waals surface area contributed by atoms with Crippen LogP contribution in [0.1, 0.15) is 36.6 Å². The summed E-state index contributed by atoms with van der Waals surface area (Å²) < 4.78 is 23.0. The summed E-state index contributed by atoms with van der Waals surface area (Å²) in [5, 5.41) is 21.4. The topological polar surface area (TPSA) is 163 Å². The number of allylic oxidation sites excluding steroid dienone is 1. The molecule has 4 rings (SSSR count). The number of methoxy groups -OCH3 is 1. The predicted octanol–water partition coefficient (Wildman–Crippen LogP) is 4.83. The van der Waals surface area contributed by atoms with Gasteiger partial charge in [0.05, 0.1) is 40.9 Å². The van der Waals surface area contributed by atoms with Gasteiger partial charge in [0.1, 0.15) is 12.4 Å². The first-order chi connectivity index (χ1) is 22.1.